The van der Waals surface area contributed by atoms with Gasteiger partial charge in [0.2, 0.25) is 0 Å². The average Bonchev–Trinajstić information content (AvgIpc) is 2.79. The Balaban J connectivity index is 1.71. The van der Waals surface area contributed by atoms with Crippen molar-refractivity contribution >= 4 is 29.4 Å². The molecular weight excluding hydrogens is 472 g/mol. The van der Waals surface area contributed by atoms with E-state index < -0.39 is 36.0 Å². The third-order valence-corrected chi connectivity index (χ3v) is 5.65. The van der Waals surface area contributed by atoms with Crippen molar-refractivity contribution < 1.29 is 27.9 Å². The summed E-state index contributed by atoms with van der Waals surface area (Å²) in [5.41, 5.74) is 0.427. The first-order chi connectivity index (χ1) is 16.8. The second-order valence-corrected chi connectivity index (χ2v) is 9.94. The number of aromatic nitrogens is 2. The van der Waals surface area contributed by atoms with Gasteiger partial charge in [0.25, 0.3) is 6.43 Å². The zero-order valence-electron chi connectivity index (χ0n) is 21.0. The molecule has 0 saturated carbocycles. The summed E-state index contributed by atoms with van der Waals surface area (Å²) in [6, 6.07) is 3.90. The van der Waals surface area contributed by atoms with Crippen molar-refractivity contribution in [1.82, 2.24) is 14.9 Å². The van der Waals surface area contributed by atoms with Gasteiger partial charge in [-0.2, -0.15) is 0 Å². The molecule has 3 heterocycles. The maximum Gasteiger partial charge on any atom is 0.413 e. The van der Waals surface area contributed by atoms with E-state index in [0.29, 0.717) is 24.1 Å². The Morgan fingerprint density at radius 3 is 2.42 bits per heavy atom. The number of anilines is 2. The van der Waals surface area contributed by atoms with Crippen LogP contribution >= 0.6 is 0 Å². The first kappa shape index (κ1) is 27.0. The second-order valence-electron chi connectivity index (χ2n) is 9.94. The number of amides is 3. The predicted octanol–water partition coefficient (Wildman–Crippen LogP) is 5.01. The van der Waals surface area contributed by atoms with Crippen LogP contribution in [0.25, 0.3) is 0 Å². The standard InChI is InChI=1S/C25H31F2N5O4/c1-14-6-9-19(16-7-8-18(20(26)27)28-11-16)32(13-14)23(34)22(33)30-17-10-15(2)21(29-12-17)31-24(35)36-25(3,4)5/h7-8,10-12,14,19-20H,6,9,13H2,1-5H3,(H,30,33)(H,29,31,35). The van der Waals surface area contributed by atoms with Crippen LogP contribution in [0.3, 0.4) is 0 Å². The second kappa shape index (κ2) is 11.0. The van der Waals surface area contributed by atoms with Gasteiger partial charge in [0.1, 0.15) is 17.1 Å². The number of aryl methyl sites for hydroxylation is 1. The summed E-state index contributed by atoms with van der Waals surface area (Å²) < 4.78 is 31.0. The Labute approximate surface area is 208 Å². The molecule has 9 nitrogen and oxygen atoms in total. The lowest BCUT2D eigenvalue weighted by Gasteiger charge is -2.38. The van der Waals surface area contributed by atoms with Gasteiger partial charge in [-0.05, 0) is 69.7 Å². The van der Waals surface area contributed by atoms with E-state index >= 15 is 0 Å². The molecule has 2 aromatic heterocycles. The molecule has 0 spiro atoms. The zero-order valence-corrected chi connectivity index (χ0v) is 21.0. The van der Waals surface area contributed by atoms with Crippen LogP contribution in [0, 0.1) is 12.8 Å². The van der Waals surface area contributed by atoms with Crippen LogP contribution in [0.4, 0.5) is 25.1 Å². The number of hydrogen-bond acceptors (Lipinski definition) is 6. The van der Waals surface area contributed by atoms with Gasteiger partial charge in [-0.25, -0.2) is 18.6 Å². The van der Waals surface area contributed by atoms with Crippen molar-refractivity contribution in [2.75, 3.05) is 17.2 Å². The number of nitrogens with zero attached hydrogens (tertiary/aromatic N) is 3. The number of halogens is 2. The highest BCUT2D eigenvalue weighted by Gasteiger charge is 2.34. The lowest BCUT2D eigenvalue weighted by atomic mass is 9.90. The number of rotatable bonds is 4. The molecule has 2 atom stereocenters. The van der Waals surface area contributed by atoms with Gasteiger partial charge in [0.15, 0.2) is 0 Å². The average molecular weight is 504 g/mol. The first-order valence-corrected chi connectivity index (χ1v) is 11.7. The minimum Gasteiger partial charge on any atom is -0.444 e. The zero-order chi connectivity index (χ0) is 26.6. The molecule has 3 rings (SSSR count). The van der Waals surface area contributed by atoms with Crippen LogP contribution in [-0.2, 0) is 14.3 Å². The van der Waals surface area contributed by atoms with Gasteiger partial charge in [0, 0.05) is 12.7 Å². The van der Waals surface area contributed by atoms with Crippen LogP contribution < -0.4 is 10.6 Å². The molecule has 2 unspecified atom stereocenters. The lowest BCUT2D eigenvalue weighted by molar-refractivity contribution is -0.146. The monoisotopic (exact) mass is 503 g/mol. The van der Waals surface area contributed by atoms with Crippen LogP contribution in [0.15, 0.2) is 30.6 Å². The third-order valence-electron chi connectivity index (χ3n) is 5.65. The summed E-state index contributed by atoms with van der Waals surface area (Å²) >= 11 is 0. The molecule has 2 N–H and O–H groups in total. The van der Waals surface area contributed by atoms with Crippen LogP contribution in [0.1, 0.15) is 69.8 Å². The van der Waals surface area contributed by atoms with E-state index in [9.17, 15) is 23.2 Å². The van der Waals surface area contributed by atoms with Gasteiger partial charge in [-0.1, -0.05) is 13.0 Å². The smallest absolute Gasteiger partial charge is 0.413 e. The summed E-state index contributed by atoms with van der Waals surface area (Å²) in [6.07, 6.45) is 0.727. The van der Waals surface area contributed by atoms with Crippen molar-refractivity contribution in [3.63, 3.8) is 0 Å². The summed E-state index contributed by atoms with van der Waals surface area (Å²) in [4.78, 5) is 47.4. The summed E-state index contributed by atoms with van der Waals surface area (Å²) in [6.45, 7) is 9.25. The lowest BCUT2D eigenvalue weighted by Crippen LogP contribution is -2.46. The molecule has 0 bridgehead atoms. The predicted molar refractivity (Wildman–Crippen MR) is 130 cm³/mol. The van der Waals surface area contributed by atoms with Gasteiger partial charge in [0.05, 0.1) is 17.9 Å². The van der Waals surface area contributed by atoms with Crippen LogP contribution in [0.2, 0.25) is 0 Å². The van der Waals surface area contributed by atoms with Crippen LogP contribution in [0.5, 0.6) is 0 Å². The number of piperidine rings is 1. The number of alkyl halides is 2. The fourth-order valence-electron chi connectivity index (χ4n) is 3.96. The molecule has 2 aromatic rings. The highest BCUT2D eigenvalue weighted by molar-refractivity contribution is 6.39. The molecule has 11 heteroatoms. The van der Waals surface area contributed by atoms with Crippen molar-refractivity contribution in [3.8, 4) is 0 Å². The molecule has 1 saturated heterocycles. The molecular formula is C25H31F2N5O4. The Morgan fingerprint density at radius 1 is 1.11 bits per heavy atom. The minimum atomic E-state index is -2.68. The van der Waals surface area contributed by atoms with Crippen molar-refractivity contribution in [1.29, 1.82) is 0 Å². The highest BCUT2D eigenvalue weighted by Crippen LogP contribution is 2.34. The number of likely N-dealkylation sites (tertiary alicyclic amines) is 1. The van der Waals surface area contributed by atoms with E-state index in [1.165, 1.54) is 29.4 Å². The molecule has 3 amide bonds. The SMILES string of the molecule is Cc1cc(NC(=O)C(=O)N2CC(C)CCC2c2ccc(C(F)F)nc2)cnc1NC(=O)OC(C)(C)C. The number of pyridine rings is 2. The van der Waals surface area contributed by atoms with Crippen molar-refractivity contribution in [2.45, 2.75) is 65.5 Å². The van der Waals surface area contributed by atoms with Crippen molar-refractivity contribution in [3.05, 3.63) is 47.4 Å². The maximum absolute atomic E-state index is 13.1. The van der Waals surface area contributed by atoms with Crippen molar-refractivity contribution in [2.24, 2.45) is 5.92 Å². The van der Waals surface area contributed by atoms with E-state index in [0.717, 1.165) is 6.42 Å². The number of carbonyl (C=O) groups is 3. The van der Waals surface area contributed by atoms with Gasteiger partial charge in [-0.3, -0.25) is 19.9 Å². The van der Waals surface area contributed by atoms with E-state index in [-0.39, 0.29) is 23.1 Å². The molecule has 1 fully saturated rings. The van der Waals surface area contributed by atoms with Gasteiger partial charge >= 0.3 is 17.9 Å². The number of carbonyl (C=O) groups excluding carboxylic acids is 3. The largest absolute Gasteiger partial charge is 0.444 e. The number of nitrogens with one attached hydrogen (secondary N) is 2. The quantitative estimate of drug-likeness (QED) is 0.567. The molecule has 1 aliphatic heterocycles. The van der Waals surface area contributed by atoms with Crippen LogP contribution in [-0.4, -0.2) is 44.9 Å². The summed E-state index contributed by atoms with van der Waals surface area (Å²) in [7, 11) is 0. The topological polar surface area (TPSA) is 114 Å². The molecule has 1 aliphatic rings. The van der Waals surface area contributed by atoms with Gasteiger partial charge < -0.3 is 15.0 Å². The fourth-order valence-corrected chi connectivity index (χ4v) is 3.96. The number of ether oxygens (including phenoxy) is 1. The van der Waals surface area contributed by atoms with Gasteiger partial charge in [-0.15, -0.1) is 0 Å². The number of hydrogen-bond donors (Lipinski definition) is 2. The molecule has 194 valence electrons. The summed E-state index contributed by atoms with van der Waals surface area (Å²) in [5.74, 6) is -1.15. The first-order valence-electron chi connectivity index (χ1n) is 11.7. The highest BCUT2D eigenvalue weighted by atomic mass is 19.3. The normalized spacial score (nSPS) is 18.1. The van der Waals surface area contributed by atoms with E-state index in [4.69, 9.17) is 4.74 Å². The van der Waals surface area contributed by atoms with E-state index in [1.807, 2.05) is 6.92 Å². The Bertz CT molecular complexity index is 1120. The fraction of sp³-hybridized carbons (Fsp3) is 0.480. The summed E-state index contributed by atoms with van der Waals surface area (Å²) in [5, 5.41) is 5.11. The Morgan fingerprint density at radius 2 is 1.83 bits per heavy atom. The molecule has 36 heavy (non-hydrogen) atoms. The molecule has 0 aromatic carbocycles. The van der Waals surface area contributed by atoms with E-state index in [2.05, 4.69) is 20.6 Å². The van der Waals surface area contributed by atoms with E-state index in [1.54, 1.807) is 33.8 Å². The molecule has 0 radical (unpaired) electrons. The minimum absolute atomic E-state index is 0.174. The maximum atomic E-state index is 13.1. The Kier molecular flexibility index (Phi) is 8.21. The molecule has 0 aliphatic carbocycles. The Hall–Kier alpha value is -3.63. The third kappa shape index (κ3) is 6.96.